The van der Waals surface area contributed by atoms with E-state index in [4.69, 9.17) is 10.0 Å². The summed E-state index contributed by atoms with van der Waals surface area (Å²) in [5.41, 5.74) is 4.06. The Hall–Kier alpha value is -2.50. The predicted octanol–water partition coefficient (Wildman–Crippen LogP) is 1.49. The molecule has 2 heterocycles. The van der Waals surface area contributed by atoms with Crippen molar-refractivity contribution in [1.82, 2.24) is 9.97 Å². The summed E-state index contributed by atoms with van der Waals surface area (Å²) in [6, 6.07) is 16.7. The van der Waals surface area contributed by atoms with Gasteiger partial charge in [-0.1, -0.05) is 36.4 Å². The van der Waals surface area contributed by atoms with Crippen LogP contribution in [0.3, 0.4) is 0 Å². The summed E-state index contributed by atoms with van der Waals surface area (Å²) >= 11 is 0. The van der Waals surface area contributed by atoms with Crippen LogP contribution < -0.4 is 5.46 Å². The van der Waals surface area contributed by atoms with E-state index in [1.807, 2.05) is 42.5 Å². The molecular weight excluding hydrogens is 263 g/mol. The molecule has 0 unspecified atom stereocenters. The molecule has 0 aliphatic heterocycles. The van der Waals surface area contributed by atoms with Crippen molar-refractivity contribution in [3.63, 3.8) is 0 Å². The number of hydrogen-bond donors (Lipinski definition) is 2. The first-order chi connectivity index (χ1) is 10.2. The molecule has 3 rings (SSSR count). The average molecular weight is 276 g/mol. The predicted molar refractivity (Wildman–Crippen MR) is 82.7 cm³/mol. The van der Waals surface area contributed by atoms with Crippen molar-refractivity contribution in [2.75, 3.05) is 0 Å². The minimum Gasteiger partial charge on any atom is -0.423 e. The van der Waals surface area contributed by atoms with E-state index in [1.165, 1.54) is 0 Å². The van der Waals surface area contributed by atoms with Crippen molar-refractivity contribution in [3.8, 4) is 22.5 Å². The Bertz CT molecular complexity index is 714. The Balaban J connectivity index is 1.87. The fraction of sp³-hybridized carbons (Fsp3) is 0. The maximum atomic E-state index is 9.08. The van der Waals surface area contributed by atoms with Gasteiger partial charge in [0.25, 0.3) is 0 Å². The van der Waals surface area contributed by atoms with Gasteiger partial charge in [0, 0.05) is 18.0 Å². The van der Waals surface area contributed by atoms with Gasteiger partial charge in [-0.2, -0.15) is 0 Å². The van der Waals surface area contributed by atoms with Crippen LogP contribution >= 0.6 is 0 Å². The van der Waals surface area contributed by atoms with Crippen LogP contribution in [0.1, 0.15) is 0 Å². The smallest absolute Gasteiger partial charge is 0.423 e. The molecule has 0 amide bonds. The van der Waals surface area contributed by atoms with Crippen LogP contribution in [0.15, 0.2) is 67.0 Å². The van der Waals surface area contributed by atoms with Crippen LogP contribution in [-0.4, -0.2) is 27.1 Å². The highest BCUT2D eigenvalue weighted by atomic mass is 16.4. The largest absolute Gasteiger partial charge is 0.488 e. The first-order valence-electron chi connectivity index (χ1n) is 6.58. The molecule has 102 valence electrons. The Morgan fingerprint density at radius 3 is 2.00 bits per heavy atom. The summed E-state index contributed by atoms with van der Waals surface area (Å²) in [5, 5.41) is 18.2. The second-order valence-electron chi connectivity index (χ2n) is 4.64. The van der Waals surface area contributed by atoms with Gasteiger partial charge in [0.15, 0.2) is 0 Å². The fourth-order valence-electron chi connectivity index (χ4n) is 2.08. The van der Waals surface area contributed by atoms with Crippen molar-refractivity contribution in [1.29, 1.82) is 0 Å². The first-order valence-corrected chi connectivity index (χ1v) is 6.58. The number of hydrogen-bond acceptors (Lipinski definition) is 4. The number of aromatic nitrogens is 2. The van der Waals surface area contributed by atoms with Crippen LogP contribution in [0.25, 0.3) is 22.5 Å². The number of benzene rings is 1. The van der Waals surface area contributed by atoms with Crippen LogP contribution in [0.2, 0.25) is 0 Å². The average Bonchev–Trinajstić information content (AvgIpc) is 2.56. The maximum Gasteiger partial charge on any atom is 0.488 e. The van der Waals surface area contributed by atoms with E-state index >= 15 is 0 Å². The Morgan fingerprint density at radius 2 is 1.43 bits per heavy atom. The molecule has 5 heteroatoms. The van der Waals surface area contributed by atoms with E-state index in [1.54, 1.807) is 24.5 Å². The highest BCUT2D eigenvalue weighted by Gasteiger charge is 2.10. The Labute approximate surface area is 122 Å². The summed E-state index contributed by atoms with van der Waals surface area (Å²) in [4.78, 5) is 8.69. The van der Waals surface area contributed by atoms with Crippen LogP contribution in [-0.2, 0) is 0 Å². The lowest BCUT2D eigenvalue weighted by Gasteiger charge is -2.05. The lowest BCUT2D eigenvalue weighted by molar-refractivity contribution is 0.426. The van der Waals surface area contributed by atoms with Gasteiger partial charge in [0.1, 0.15) is 0 Å². The standard InChI is InChI=1S/C16H13BN2O2/c20-17(21)14-7-4-12(5-8-14)13-6-9-16(19-11-13)15-3-1-2-10-18-15/h1-11,20-21H. The molecule has 3 aromatic rings. The van der Waals surface area contributed by atoms with Gasteiger partial charge in [0.2, 0.25) is 0 Å². The molecule has 0 fully saturated rings. The number of rotatable bonds is 3. The number of pyridine rings is 2. The highest BCUT2D eigenvalue weighted by Crippen LogP contribution is 2.20. The second-order valence-corrected chi connectivity index (χ2v) is 4.64. The zero-order valence-electron chi connectivity index (χ0n) is 11.2. The van der Waals surface area contributed by atoms with E-state index in [0.29, 0.717) is 5.46 Å². The molecule has 21 heavy (non-hydrogen) atoms. The third kappa shape index (κ3) is 2.99. The normalized spacial score (nSPS) is 10.4. The van der Waals surface area contributed by atoms with E-state index < -0.39 is 7.12 Å². The van der Waals surface area contributed by atoms with Crippen molar-refractivity contribution in [2.24, 2.45) is 0 Å². The molecular formula is C16H13BN2O2. The molecule has 2 N–H and O–H groups in total. The van der Waals surface area contributed by atoms with Crippen LogP contribution in [0.4, 0.5) is 0 Å². The van der Waals surface area contributed by atoms with Gasteiger partial charge in [-0.15, -0.1) is 0 Å². The SMILES string of the molecule is OB(O)c1ccc(-c2ccc(-c3ccccn3)nc2)cc1. The molecule has 0 aliphatic carbocycles. The lowest BCUT2D eigenvalue weighted by atomic mass is 9.80. The molecule has 2 aromatic heterocycles. The zero-order valence-corrected chi connectivity index (χ0v) is 11.2. The van der Waals surface area contributed by atoms with Crippen molar-refractivity contribution in [3.05, 3.63) is 67.0 Å². The molecule has 1 aromatic carbocycles. The molecule has 0 radical (unpaired) electrons. The highest BCUT2D eigenvalue weighted by molar-refractivity contribution is 6.58. The molecule has 0 bridgehead atoms. The quantitative estimate of drug-likeness (QED) is 0.711. The summed E-state index contributed by atoms with van der Waals surface area (Å²) in [6.07, 6.45) is 3.53. The Kier molecular flexibility index (Phi) is 3.77. The minimum atomic E-state index is -1.44. The van der Waals surface area contributed by atoms with Crippen LogP contribution in [0, 0.1) is 0 Å². The van der Waals surface area contributed by atoms with Gasteiger partial charge in [-0.05, 0) is 29.2 Å². The van der Waals surface area contributed by atoms with Crippen molar-refractivity contribution >= 4 is 12.6 Å². The monoisotopic (exact) mass is 276 g/mol. The molecule has 0 aliphatic rings. The number of nitrogens with zero attached hydrogens (tertiary/aromatic N) is 2. The third-order valence-electron chi connectivity index (χ3n) is 3.23. The van der Waals surface area contributed by atoms with Gasteiger partial charge in [-0.25, -0.2) is 0 Å². The van der Waals surface area contributed by atoms with Crippen molar-refractivity contribution < 1.29 is 10.0 Å². The molecule has 0 atom stereocenters. The summed E-state index contributed by atoms with van der Waals surface area (Å²) in [7, 11) is -1.44. The van der Waals surface area contributed by atoms with Gasteiger partial charge >= 0.3 is 7.12 Å². The van der Waals surface area contributed by atoms with E-state index in [0.717, 1.165) is 22.5 Å². The van der Waals surface area contributed by atoms with E-state index in [2.05, 4.69) is 9.97 Å². The maximum absolute atomic E-state index is 9.08. The molecule has 0 saturated heterocycles. The zero-order chi connectivity index (χ0) is 14.7. The third-order valence-corrected chi connectivity index (χ3v) is 3.23. The summed E-state index contributed by atoms with van der Waals surface area (Å²) in [6.45, 7) is 0. The topological polar surface area (TPSA) is 66.2 Å². The van der Waals surface area contributed by atoms with Gasteiger partial charge in [-0.3, -0.25) is 9.97 Å². The van der Waals surface area contributed by atoms with Gasteiger partial charge < -0.3 is 10.0 Å². The van der Waals surface area contributed by atoms with Crippen molar-refractivity contribution in [2.45, 2.75) is 0 Å². The lowest BCUT2D eigenvalue weighted by Crippen LogP contribution is -2.29. The summed E-state index contributed by atoms with van der Waals surface area (Å²) in [5.74, 6) is 0. The molecule has 0 spiro atoms. The van der Waals surface area contributed by atoms with Gasteiger partial charge in [0.05, 0.1) is 11.4 Å². The second kappa shape index (κ2) is 5.87. The minimum absolute atomic E-state index is 0.469. The molecule has 4 nitrogen and oxygen atoms in total. The van der Waals surface area contributed by atoms with E-state index in [9.17, 15) is 0 Å². The molecule has 0 saturated carbocycles. The fourth-order valence-corrected chi connectivity index (χ4v) is 2.08. The summed E-state index contributed by atoms with van der Waals surface area (Å²) < 4.78 is 0. The van der Waals surface area contributed by atoms with E-state index in [-0.39, 0.29) is 0 Å². The Morgan fingerprint density at radius 1 is 0.714 bits per heavy atom. The first kappa shape index (κ1) is 13.5. The van der Waals surface area contributed by atoms with Crippen LogP contribution in [0.5, 0.6) is 0 Å².